The van der Waals surface area contributed by atoms with Crippen molar-refractivity contribution in [3.05, 3.63) is 111 Å². The van der Waals surface area contributed by atoms with E-state index in [9.17, 15) is 0 Å². The van der Waals surface area contributed by atoms with Gasteiger partial charge in [0.2, 0.25) is 0 Å². The first kappa shape index (κ1) is 20.5. The van der Waals surface area contributed by atoms with Crippen molar-refractivity contribution in [2.24, 2.45) is 4.99 Å². The molecule has 0 amide bonds. The van der Waals surface area contributed by atoms with Crippen LogP contribution < -0.4 is 0 Å². The Labute approximate surface area is 195 Å². The molecule has 3 aromatic rings. The van der Waals surface area contributed by atoms with E-state index in [1.54, 1.807) is 11.8 Å². The van der Waals surface area contributed by atoms with Crippen molar-refractivity contribution < 1.29 is 0 Å². The fourth-order valence-corrected chi connectivity index (χ4v) is 4.96. The van der Waals surface area contributed by atoms with Crippen LogP contribution in [0.3, 0.4) is 0 Å². The quantitative estimate of drug-likeness (QED) is 0.362. The highest BCUT2D eigenvalue weighted by Crippen LogP contribution is 2.51. The third-order valence-corrected chi connectivity index (χ3v) is 6.42. The van der Waals surface area contributed by atoms with Crippen molar-refractivity contribution in [2.75, 3.05) is 0 Å². The number of hydrogen-bond acceptors (Lipinski definition) is 3. The van der Waals surface area contributed by atoms with E-state index in [0.29, 0.717) is 0 Å². The van der Waals surface area contributed by atoms with Crippen LogP contribution in [0.4, 0.5) is 0 Å². The van der Waals surface area contributed by atoms with Crippen LogP contribution in [0.25, 0.3) is 5.70 Å². The minimum atomic E-state index is -0.00615. The lowest BCUT2D eigenvalue weighted by Crippen LogP contribution is -2.26. The molecule has 0 aliphatic carbocycles. The molecule has 146 valence electrons. The Bertz CT molecular complexity index is 1070. The fourth-order valence-electron chi connectivity index (χ4n) is 3.74. The van der Waals surface area contributed by atoms with Gasteiger partial charge in [-0.25, -0.2) is 0 Å². The largest absolute Gasteiger partial charge is 0.310 e. The van der Waals surface area contributed by atoms with Crippen LogP contribution in [0.5, 0.6) is 0 Å². The van der Waals surface area contributed by atoms with Gasteiger partial charge >= 0.3 is 0 Å². The summed E-state index contributed by atoms with van der Waals surface area (Å²) >= 11 is 13.9. The summed E-state index contributed by atoms with van der Waals surface area (Å²) in [5.41, 5.74) is 4.71. The van der Waals surface area contributed by atoms with Gasteiger partial charge < -0.3 is 4.90 Å². The van der Waals surface area contributed by atoms with E-state index in [1.165, 1.54) is 16.8 Å². The maximum absolute atomic E-state index is 6.15. The molecule has 2 heterocycles. The molecule has 0 radical (unpaired) electrons. The van der Waals surface area contributed by atoms with Crippen LogP contribution in [0.15, 0.2) is 89.3 Å². The smallest absolute Gasteiger partial charge is 0.169 e. The third kappa shape index (κ3) is 3.87. The van der Waals surface area contributed by atoms with E-state index in [4.69, 9.17) is 28.2 Å². The summed E-state index contributed by atoms with van der Waals surface area (Å²) in [6, 6.07) is 26.6. The van der Waals surface area contributed by atoms with E-state index in [0.717, 1.165) is 20.8 Å². The van der Waals surface area contributed by atoms with E-state index >= 15 is 0 Å². The number of benzene rings is 3. The van der Waals surface area contributed by atoms with Crippen LogP contribution in [0.2, 0.25) is 10.0 Å². The Morgan fingerprint density at radius 3 is 1.97 bits per heavy atom. The number of nitrogens with zero attached hydrogens (tertiary/aromatic N) is 2. The number of amidine groups is 1. The van der Waals surface area contributed by atoms with Gasteiger partial charge in [0.1, 0.15) is 6.04 Å². The molecule has 6 heteroatoms. The third-order valence-electron chi connectivity index (χ3n) is 5.06. The summed E-state index contributed by atoms with van der Waals surface area (Å²) in [5.74, 6) is 0. The summed E-state index contributed by atoms with van der Waals surface area (Å²) in [4.78, 5) is 7.43. The lowest BCUT2D eigenvalue weighted by Gasteiger charge is -2.30. The van der Waals surface area contributed by atoms with Gasteiger partial charge in [0.25, 0.3) is 0 Å². The predicted octanol–water partition coefficient (Wildman–Crippen LogP) is 7.77. The van der Waals surface area contributed by atoms with Gasteiger partial charge in [0.15, 0.2) is 5.17 Å². The van der Waals surface area contributed by atoms with Crippen molar-refractivity contribution in [2.45, 2.75) is 12.1 Å². The molecular formula is C23H17BrCl2N2S. The van der Waals surface area contributed by atoms with Crippen LogP contribution in [0.1, 0.15) is 28.8 Å². The highest BCUT2D eigenvalue weighted by atomic mass is 79.9. The number of hydrogen-bond donors (Lipinski definition) is 0. The first-order chi connectivity index (χ1) is 13.7. The zero-order valence-electron chi connectivity index (χ0n) is 15.2. The second-order valence-electron chi connectivity index (χ2n) is 6.76. The standard InChI is InChI=1S/C23H16Cl2N2S.BrH/c24-18-10-6-16(7-11-18)21-22(17-8-12-19(25)13-9-17)27-20(14-28-23(27)26-21)15-4-2-1-3-5-15;/h1-14,21-22H;1H/t21-,22+;/m0./s1. The van der Waals surface area contributed by atoms with E-state index in [2.05, 4.69) is 58.8 Å². The van der Waals surface area contributed by atoms with Crippen LogP contribution in [-0.2, 0) is 0 Å². The molecular weight excluding hydrogens is 487 g/mol. The molecule has 3 aromatic carbocycles. The Kier molecular flexibility index (Phi) is 6.07. The van der Waals surface area contributed by atoms with Gasteiger partial charge in [-0.15, -0.1) is 17.0 Å². The fraction of sp³-hybridized carbons (Fsp3) is 0.0870. The van der Waals surface area contributed by atoms with Crippen molar-refractivity contribution in [3.8, 4) is 0 Å². The molecule has 0 saturated heterocycles. The summed E-state index contributed by atoms with van der Waals surface area (Å²) < 4.78 is 0. The number of halogens is 3. The van der Waals surface area contributed by atoms with E-state index < -0.39 is 0 Å². The number of thioether (sulfide) groups is 1. The normalized spacial score (nSPS) is 20.0. The second kappa shape index (κ2) is 8.57. The zero-order valence-corrected chi connectivity index (χ0v) is 19.2. The first-order valence-corrected chi connectivity index (χ1v) is 10.6. The SMILES string of the molecule is Br.Clc1ccc([C@@H]2[C@H](c3ccc(Cl)cc3)N=C3SC=C(c4ccccc4)N32)cc1. The molecule has 29 heavy (non-hydrogen) atoms. The molecule has 2 nitrogen and oxygen atoms in total. The average Bonchev–Trinajstić information content (AvgIpc) is 3.29. The Hall–Kier alpha value is -1.72. The predicted molar refractivity (Wildman–Crippen MR) is 130 cm³/mol. The van der Waals surface area contributed by atoms with Gasteiger partial charge in [-0.2, -0.15) is 0 Å². The highest BCUT2D eigenvalue weighted by molar-refractivity contribution is 8.93. The molecule has 2 aliphatic heterocycles. The van der Waals surface area contributed by atoms with Crippen molar-refractivity contribution >= 4 is 62.8 Å². The van der Waals surface area contributed by atoms with E-state index in [-0.39, 0.29) is 29.1 Å². The summed E-state index contributed by atoms with van der Waals surface area (Å²) in [5, 5.41) is 4.69. The number of aliphatic imine (C=N–C) groups is 1. The maximum atomic E-state index is 6.15. The monoisotopic (exact) mass is 502 g/mol. The summed E-state index contributed by atoms with van der Waals surface area (Å²) in [7, 11) is 0. The van der Waals surface area contributed by atoms with Crippen LogP contribution in [0, 0.1) is 0 Å². The Morgan fingerprint density at radius 1 is 0.759 bits per heavy atom. The first-order valence-electron chi connectivity index (χ1n) is 9.01. The molecule has 0 N–H and O–H groups in total. The maximum Gasteiger partial charge on any atom is 0.169 e. The van der Waals surface area contributed by atoms with Gasteiger partial charge in [0.05, 0.1) is 11.7 Å². The highest BCUT2D eigenvalue weighted by Gasteiger charge is 2.42. The van der Waals surface area contributed by atoms with Gasteiger partial charge in [-0.1, -0.05) is 89.6 Å². The lowest BCUT2D eigenvalue weighted by atomic mass is 9.93. The molecule has 0 spiro atoms. The molecule has 2 aliphatic rings. The Balaban J connectivity index is 0.00000205. The van der Waals surface area contributed by atoms with Crippen molar-refractivity contribution in [3.63, 3.8) is 0 Å². The lowest BCUT2D eigenvalue weighted by molar-refractivity contribution is 0.416. The molecule has 0 fully saturated rings. The average molecular weight is 504 g/mol. The van der Waals surface area contributed by atoms with Crippen LogP contribution >= 0.6 is 51.9 Å². The number of rotatable bonds is 3. The second-order valence-corrected chi connectivity index (χ2v) is 8.47. The minimum absolute atomic E-state index is 0. The molecule has 2 atom stereocenters. The summed E-state index contributed by atoms with van der Waals surface area (Å²) in [6.45, 7) is 0. The zero-order chi connectivity index (χ0) is 19.1. The summed E-state index contributed by atoms with van der Waals surface area (Å²) in [6.07, 6.45) is 0. The van der Waals surface area contributed by atoms with Gasteiger partial charge in [-0.05, 0) is 41.0 Å². The van der Waals surface area contributed by atoms with Crippen molar-refractivity contribution in [1.29, 1.82) is 0 Å². The van der Waals surface area contributed by atoms with Gasteiger partial charge in [0, 0.05) is 15.5 Å². The number of fused-ring (bicyclic) bond motifs is 1. The van der Waals surface area contributed by atoms with Crippen LogP contribution in [-0.4, -0.2) is 10.1 Å². The molecule has 0 bridgehead atoms. The molecule has 5 rings (SSSR count). The van der Waals surface area contributed by atoms with Crippen molar-refractivity contribution in [1.82, 2.24) is 4.90 Å². The minimum Gasteiger partial charge on any atom is -0.310 e. The topological polar surface area (TPSA) is 15.6 Å². The Morgan fingerprint density at radius 2 is 1.34 bits per heavy atom. The molecule has 0 saturated carbocycles. The molecule has 0 aromatic heterocycles. The molecule has 0 unspecified atom stereocenters. The van der Waals surface area contributed by atoms with E-state index in [1.807, 2.05) is 30.3 Å². The van der Waals surface area contributed by atoms with Gasteiger partial charge in [-0.3, -0.25) is 4.99 Å².